The molecule has 0 bridgehead atoms. The average Bonchev–Trinajstić information content (AvgIpc) is 2.55. The number of amides is 2. The number of anilines is 3. The second kappa shape index (κ2) is 8.33. The molecule has 0 aliphatic rings. The Hall–Kier alpha value is -3.09. The van der Waals surface area contributed by atoms with E-state index in [-0.39, 0.29) is 5.91 Å². The van der Waals surface area contributed by atoms with Gasteiger partial charge in [-0.25, -0.2) is 9.78 Å². The average molecular weight is 356 g/mol. The fourth-order valence-corrected chi connectivity index (χ4v) is 2.05. The molecule has 7 heteroatoms. The molecule has 0 spiro atoms. The van der Waals surface area contributed by atoms with Crippen LogP contribution in [0, 0.1) is 0 Å². The molecule has 1 aromatic carbocycles. The molecule has 2 aromatic rings. The first-order chi connectivity index (χ1) is 12.2. The van der Waals surface area contributed by atoms with Crippen LogP contribution in [-0.4, -0.2) is 28.6 Å². The van der Waals surface area contributed by atoms with Crippen LogP contribution in [0.4, 0.5) is 22.0 Å². The molecule has 2 rings (SSSR count). The highest BCUT2D eigenvalue weighted by Crippen LogP contribution is 2.22. The largest absolute Gasteiger partial charge is 0.444 e. The van der Waals surface area contributed by atoms with Crippen LogP contribution in [0.2, 0.25) is 0 Å². The smallest absolute Gasteiger partial charge is 0.408 e. The number of aromatic nitrogens is 1. The van der Waals surface area contributed by atoms with Gasteiger partial charge in [-0.2, -0.15) is 0 Å². The van der Waals surface area contributed by atoms with Gasteiger partial charge in [-0.15, -0.1) is 0 Å². The van der Waals surface area contributed by atoms with Gasteiger partial charge in [-0.05, 0) is 52.0 Å². The molecule has 0 unspecified atom stereocenters. The van der Waals surface area contributed by atoms with E-state index in [1.54, 1.807) is 46.0 Å². The number of para-hydroxylation sites is 1. The van der Waals surface area contributed by atoms with Crippen molar-refractivity contribution in [2.45, 2.75) is 39.3 Å². The first-order valence-corrected chi connectivity index (χ1v) is 8.32. The summed E-state index contributed by atoms with van der Waals surface area (Å²) in [5.41, 5.74) is 0.733. The first-order valence-electron chi connectivity index (χ1n) is 8.32. The van der Waals surface area contributed by atoms with Gasteiger partial charge in [-0.3, -0.25) is 4.79 Å². The Balaban J connectivity index is 2.01. The molecule has 0 aliphatic carbocycles. The number of carbonyl (C=O) groups excluding carboxylic acids is 2. The zero-order valence-corrected chi connectivity index (χ0v) is 15.4. The molecule has 138 valence electrons. The molecule has 7 nitrogen and oxygen atoms in total. The van der Waals surface area contributed by atoms with Gasteiger partial charge in [0, 0.05) is 11.9 Å². The summed E-state index contributed by atoms with van der Waals surface area (Å²) in [6.45, 7) is 6.86. The lowest BCUT2D eigenvalue weighted by Gasteiger charge is -2.22. The van der Waals surface area contributed by atoms with E-state index in [0.717, 1.165) is 5.69 Å². The number of benzene rings is 1. The second-order valence-electron chi connectivity index (χ2n) is 6.75. The Labute approximate surface area is 153 Å². The van der Waals surface area contributed by atoms with Crippen LogP contribution < -0.4 is 16.0 Å². The van der Waals surface area contributed by atoms with E-state index in [1.165, 1.54) is 0 Å². The van der Waals surface area contributed by atoms with Crippen molar-refractivity contribution in [1.29, 1.82) is 0 Å². The highest BCUT2D eigenvalue weighted by Gasteiger charge is 2.21. The highest BCUT2D eigenvalue weighted by molar-refractivity contribution is 5.98. The number of rotatable bonds is 5. The topological polar surface area (TPSA) is 92.3 Å². The van der Waals surface area contributed by atoms with Gasteiger partial charge in [0.25, 0.3) is 0 Å². The SMILES string of the molecule is C[C@H](NC(=O)OC(C)(C)C)C(=O)Nc1cccnc1Nc1ccccc1. The Kier molecular flexibility index (Phi) is 6.16. The molecule has 1 atom stereocenters. The van der Waals surface area contributed by atoms with Crippen LogP contribution in [0.3, 0.4) is 0 Å². The van der Waals surface area contributed by atoms with Gasteiger partial charge >= 0.3 is 6.09 Å². The van der Waals surface area contributed by atoms with Crippen LogP contribution in [0.25, 0.3) is 0 Å². The number of hydrogen-bond acceptors (Lipinski definition) is 5. The molecule has 3 N–H and O–H groups in total. The second-order valence-corrected chi connectivity index (χ2v) is 6.75. The van der Waals surface area contributed by atoms with Crippen LogP contribution >= 0.6 is 0 Å². The molecule has 0 radical (unpaired) electrons. The fraction of sp³-hybridized carbons (Fsp3) is 0.316. The predicted molar refractivity (Wildman–Crippen MR) is 101 cm³/mol. The number of nitrogens with zero attached hydrogens (tertiary/aromatic N) is 1. The Bertz CT molecular complexity index is 757. The van der Waals surface area contributed by atoms with Crippen LogP contribution in [0.1, 0.15) is 27.7 Å². The third-order valence-corrected chi connectivity index (χ3v) is 3.23. The van der Waals surface area contributed by atoms with Gasteiger partial charge in [0.1, 0.15) is 11.6 Å². The van der Waals surface area contributed by atoms with E-state index in [0.29, 0.717) is 11.5 Å². The number of ether oxygens (including phenoxy) is 1. The number of pyridine rings is 1. The third kappa shape index (κ3) is 6.08. The number of alkyl carbamates (subject to hydrolysis) is 1. The van der Waals surface area contributed by atoms with Crippen molar-refractivity contribution in [2.24, 2.45) is 0 Å². The number of carbonyl (C=O) groups is 2. The predicted octanol–water partition coefficient (Wildman–Crippen LogP) is 3.68. The zero-order chi connectivity index (χ0) is 19.2. The van der Waals surface area contributed by atoms with Crippen molar-refractivity contribution in [2.75, 3.05) is 10.6 Å². The van der Waals surface area contributed by atoms with Gasteiger partial charge in [0.15, 0.2) is 5.82 Å². The Morgan fingerprint density at radius 2 is 1.77 bits per heavy atom. The summed E-state index contributed by atoms with van der Waals surface area (Å²) >= 11 is 0. The normalized spacial score (nSPS) is 12.0. The minimum atomic E-state index is -0.769. The highest BCUT2D eigenvalue weighted by atomic mass is 16.6. The maximum Gasteiger partial charge on any atom is 0.408 e. The zero-order valence-electron chi connectivity index (χ0n) is 15.4. The minimum Gasteiger partial charge on any atom is -0.444 e. The van der Waals surface area contributed by atoms with Crippen LogP contribution in [-0.2, 0) is 9.53 Å². The van der Waals surface area contributed by atoms with E-state index in [9.17, 15) is 9.59 Å². The molecule has 2 amide bonds. The van der Waals surface area contributed by atoms with Gasteiger partial charge < -0.3 is 20.7 Å². The lowest BCUT2D eigenvalue weighted by molar-refractivity contribution is -0.117. The summed E-state index contributed by atoms with van der Waals surface area (Å²) in [5.74, 6) is 0.136. The van der Waals surface area contributed by atoms with Crippen molar-refractivity contribution >= 4 is 29.2 Å². The molecule has 1 aromatic heterocycles. The lowest BCUT2D eigenvalue weighted by atomic mass is 10.2. The van der Waals surface area contributed by atoms with E-state index in [1.807, 2.05) is 30.3 Å². The van der Waals surface area contributed by atoms with Gasteiger partial charge in [0.05, 0.1) is 5.69 Å². The molecule has 1 heterocycles. The van der Waals surface area contributed by atoms with E-state index >= 15 is 0 Å². The van der Waals surface area contributed by atoms with Crippen molar-refractivity contribution in [3.05, 3.63) is 48.7 Å². The molecule has 0 saturated heterocycles. The van der Waals surface area contributed by atoms with E-state index in [2.05, 4.69) is 20.9 Å². The van der Waals surface area contributed by atoms with Gasteiger partial charge in [0.2, 0.25) is 5.91 Å². The lowest BCUT2D eigenvalue weighted by Crippen LogP contribution is -2.44. The molecule has 0 aliphatic heterocycles. The third-order valence-electron chi connectivity index (χ3n) is 3.23. The summed E-state index contributed by atoms with van der Waals surface area (Å²) in [4.78, 5) is 28.4. The number of nitrogens with one attached hydrogen (secondary N) is 3. The summed E-state index contributed by atoms with van der Waals surface area (Å²) in [6.07, 6.45) is 0.984. The maximum absolute atomic E-state index is 12.4. The number of hydrogen-bond donors (Lipinski definition) is 3. The van der Waals surface area contributed by atoms with E-state index in [4.69, 9.17) is 4.74 Å². The quantitative estimate of drug-likeness (QED) is 0.760. The summed E-state index contributed by atoms with van der Waals surface area (Å²) in [7, 11) is 0. The molecule has 0 saturated carbocycles. The van der Waals surface area contributed by atoms with Crippen molar-refractivity contribution in [3.8, 4) is 0 Å². The first kappa shape index (κ1) is 19.2. The molecular formula is C19H24N4O3. The molecular weight excluding hydrogens is 332 g/mol. The maximum atomic E-state index is 12.4. The molecule has 0 fully saturated rings. The van der Waals surface area contributed by atoms with Gasteiger partial charge in [-0.1, -0.05) is 18.2 Å². The van der Waals surface area contributed by atoms with Crippen molar-refractivity contribution in [1.82, 2.24) is 10.3 Å². The Morgan fingerprint density at radius 1 is 1.08 bits per heavy atom. The standard InChI is InChI=1S/C19H24N4O3/c1-13(21-18(25)26-19(2,3)4)17(24)23-15-11-8-12-20-16(15)22-14-9-6-5-7-10-14/h5-13H,1-4H3,(H,20,22)(H,21,25)(H,23,24)/t13-/m0/s1. The summed E-state index contributed by atoms with van der Waals surface area (Å²) in [6, 6.07) is 12.2. The van der Waals surface area contributed by atoms with E-state index < -0.39 is 17.7 Å². The molecule has 26 heavy (non-hydrogen) atoms. The van der Waals surface area contributed by atoms with Crippen LogP contribution in [0.5, 0.6) is 0 Å². The Morgan fingerprint density at radius 3 is 2.42 bits per heavy atom. The van der Waals surface area contributed by atoms with Crippen LogP contribution in [0.15, 0.2) is 48.7 Å². The minimum absolute atomic E-state index is 0.375. The fourth-order valence-electron chi connectivity index (χ4n) is 2.05. The summed E-state index contributed by atoms with van der Waals surface area (Å²) < 4.78 is 5.16. The van der Waals surface area contributed by atoms with Crippen molar-refractivity contribution in [3.63, 3.8) is 0 Å². The van der Waals surface area contributed by atoms with Crippen molar-refractivity contribution < 1.29 is 14.3 Å². The summed E-state index contributed by atoms with van der Waals surface area (Å²) in [5, 5.41) is 8.43. The monoisotopic (exact) mass is 356 g/mol.